The molecule has 3 rings (SSSR count). The summed E-state index contributed by atoms with van der Waals surface area (Å²) in [7, 11) is 0. The Morgan fingerprint density at radius 1 is 1.15 bits per heavy atom. The third kappa shape index (κ3) is 2.52. The molecule has 2 aromatic heterocycles. The Balaban J connectivity index is 2.03. The molecule has 0 radical (unpaired) electrons. The second-order valence-electron chi connectivity index (χ2n) is 4.17. The molecule has 102 valence electrons. The van der Waals surface area contributed by atoms with Crippen LogP contribution in [0.15, 0.2) is 52.5 Å². The summed E-state index contributed by atoms with van der Waals surface area (Å²) in [5.41, 5.74) is 7.72. The van der Waals surface area contributed by atoms with Gasteiger partial charge in [0.05, 0.1) is 15.7 Å². The van der Waals surface area contributed by atoms with E-state index in [2.05, 4.69) is 4.98 Å². The summed E-state index contributed by atoms with van der Waals surface area (Å²) in [5.74, 6) is 0. The van der Waals surface area contributed by atoms with Crippen LogP contribution in [0.5, 0.6) is 0 Å². The van der Waals surface area contributed by atoms with Gasteiger partial charge in [0.1, 0.15) is 10.7 Å². The fourth-order valence-corrected chi connectivity index (χ4v) is 3.28. The van der Waals surface area contributed by atoms with E-state index in [0.717, 1.165) is 21.3 Å². The van der Waals surface area contributed by atoms with Crippen molar-refractivity contribution in [3.05, 3.63) is 58.3 Å². The first-order valence-electron chi connectivity index (χ1n) is 5.98. The lowest BCUT2D eigenvalue weighted by Crippen LogP contribution is -2.01. The van der Waals surface area contributed by atoms with Gasteiger partial charge in [0.25, 0.3) is 0 Å². The van der Waals surface area contributed by atoms with Crippen molar-refractivity contribution in [1.82, 2.24) is 9.38 Å². The minimum Gasteiger partial charge on any atom is -0.325 e. The van der Waals surface area contributed by atoms with Crippen molar-refractivity contribution in [2.45, 2.75) is 16.5 Å². The summed E-state index contributed by atoms with van der Waals surface area (Å²) in [4.78, 5) is 5.58. The highest BCUT2D eigenvalue weighted by Gasteiger charge is 2.12. The van der Waals surface area contributed by atoms with E-state index in [-0.39, 0.29) is 0 Å². The zero-order valence-electron chi connectivity index (χ0n) is 10.4. The zero-order valence-corrected chi connectivity index (χ0v) is 12.7. The number of fused-ring (bicyclic) bond motifs is 1. The average Bonchev–Trinajstić information content (AvgIpc) is 2.80. The highest BCUT2D eigenvalue weighted by Crippen LogP contribution is 2.34. The molecular weight excluding hydrogens is 313 g/mol. The quantitative estimate of drug-likeness (QED) is 0.783. The largest absolute Gasteiger partial charge is 0.325 e. The lowest BCUT2D eigenvalue weighted by atomic mass is 10.4. The number of benzene rings is 1. The van der Waals surface area contributed by atoms with E-state index >= 15 is 0 Å². The first kappa shape index (κ1) is 13.8. The minimum atomic E-state index is 0.425. The number of nitrogens with two attached hydrogens (primary N) is 1. The second kappa shape index (κ2) is 5.66. The van der Waals surface area contributed by atoms with Crippen LogP contribution in [0.3, 0.4) is 0 Å². The van der Waals surface area contributed by atoms with Gasteiger partial charge in [-0.05, 0) is 30.3 Å². The molecule has 0 aliphatic heterocycles. The van der Waals surface area contributed by atoms with Gasteiger partial charge in [0.2, 0.25) is 0 Å². The average molecular weight is 324 g/mol. The molecular formula is C14H11Cl2N3S. The van der Waals surface area contributed by atoms with E-state index in [1.54, 1.807) is 6.07 Å². The summed E-state index contributed by atoms with van der Waals surface area (Å²) in [6.45, 7) is 0.425. The van der Waals surface area contributed by atoms with E-state index in [1.165, 1.54) is 11.8 Å². The number of rotatable bonds is 3. The molecule has 2 N–H and O–H groups in total. The van der Waals surface area contributed by atoms with Crippen LogP contribution < -0.4 is 5.73 Å². The van der Waals surface area contributed by atoms with Crippen molar-refractivity contribution in [3.63, 3.8) is 0 Å². The maximum absolute atomic E-state index is 6.04. The molecule has 0 spiro atoms. The fraction of sp³-hybridized carbons (Fsp3) is 0.0714. The number of aromatic nitrogens is 2. The smallest absolute Gasteiger partial charge is 0.138 e. The van der Waals surface area contributed by atoms with Crippen molar-refractivity contribution >= 4 is 40.6 Å². The monoisotopic (exact) mass is 323 g/mol. The Hall–Kier alpha value is -1.20. The number of hydrogen-bond donors (Lipinski definition) is 1. The van der Waals surface area contributed by atoms with Gasteiger partial charge in [-0.25, -0.2) is 4.98 Å². The molecule has 3 aromatic rings. The molecule has 0 unspecified atom stereocenters. The Morgan fingerprint density at radius 3 is 2.75 bits per heavy atom. The summed E-state index contributed by atoms with van der Waals surface area (Å²) in [6, 6.07) is 11.4. The lowest BCUT2D eigenvalue weighted by Gasteiger charge is -2.03. The normalized spacial score (nSPS) is 11.2. The van der Waals surface area contributed by atoms with Crippen molar-refractivity contribution in [2.75, 3.05) is 0 Å². The van der Waals surface area contributed by atoms with Crippen LogP contribution in [0.25, 0.3) is 5.65 Å². The van der Waals surface area contributed by atoms with Gasteiger partial charge < -0.3 is 10.1 Å². The fourth-order valence-electron chi connectivity index (χ4n) is 1.94. The molecule has 0 aliphatic rings. The zero-order chi connectivity index (χ0) is 14.1. The van der Waals surface area contributed by atoms with Gasteiger partial charge in [-0.2, -0.15) is 0 Å². The van der Waals surface area contributed by atoms with E-state index in [1.807, 2.05) is 40.9 Å². The molecule has 0 saturated carbocycles. The summed E-state index contributed by atoms with van der Waals surface area (Å²) >= 11 is 13.5. The van der Waals surface area contributed by atoms with Crippen molar-refractivity contribution < 1.29 is 0 Å². The van der Waals surface area contributed by atoms with E-state index in [9.17, 15) is 0 Å². The van der Waals surface area contributed by atoms with E-state index in [4.69, 9.17) is 28.9 Å². The summed E-state index contributed by atoms with van der Waals surface area (Å²) in [6.07, 6.45) is 1.96. The predicted octanol–water partition coefficient (Wildman–Crippen LogP) is 4.25. The number of hydrogen-bond acceptors (Lipinski definition) is 3. The first-order valence-corrected chi connectivity index (χ1v) is 7.55. The van der Waals surface area contributed by atoms with Crippen molar-refractivity contribution in [1.29, 1.82) is 0 Å². The van der Waals surface area contributed by atoms with Crippen molar-refractivity contribution in [3.8, 4) is 0 Å². The van der Waals surface area contributed by atoms with E-state index < -0.39 is 0 Å². The third-order valence-corrected chi connectivity index (χ3v) is 4.64. The standard InChI is InChI=1S/C14H11Cl2N3S/c15-10-5-4-9(7-11(10)16)20-14-12(8-17)19-6-2-1-3-13(19)18-14/h1-7H,8,17H2. The Kier molecular flexibility index (Phi) is 3.89. The van der Waals surface area contributed by atoms with Crippen LogP contribution in [0.4, 0.5) is 0 Å². The lowest BCUT2D eigenvalue weighted by molar-refractivity contribution is 0.921. The maximum Gasteiger partial charge on any atom is 0.138 e. The number of pyridine rings is 1. The second-order valence-corrected chi connectivity index (χ2v) is 6.05. The van der Waals surface area contributed by atoms with Crippen LogP contribution in [-0.4, -0.2) is 9.38 Å². The van der Waals surface area contributed by atoms with Gasteiger partial charge in [0, 0.05) is 17.6 Å². The first-order chi connectivity index (χ1) is 9.69. The molecule has 6 heteroatoms. The maximum atomic E-state index is 6.04. The summed E-state index contributed by atoms with van der Waals surface area (Å²) in [5, 5.41) is 1.97. The molecule has 0 aliphatic carbocycles. The van der Waals surface area contributed by atoms with Crippen molar-refractivity contribution in [2.24, 2.45) is 5.73 Å². The van der Waals surface area contributed by atoms with Crippen LogP contribution in [0.1, 0.15) is 5.69 Å². The van der Waals surface area contributed by atoms with Crippen LogP contribution in [0.2, 0.25) is 10.0 Å². The molecule has 20 heavy (non-hydrogen) atoms. The van der Waals surface area contributed by atoms with Crippen LogP contribution in [0, 0.1) is 0 Å². The predicted molar refractivity (Wildman–Crippen MR) is 83.7 cm³/mol. The molecule has 0 bridgehead atoms. The SMILES string of the molecule is NCc1c(Sc2ccc(Cl)c(Cl)c2)nc2ccccn12. The van der Waals surface area contributed by atoms with E-state index in [0.29, 0.717) is 16.6 Å². The molecule has 3 nitrogen and oxygen atoms in total. The Morgan fingerprint density at radius 2 is 2.00 bits per heavy atom. The van der Waals surface area contributed by atoms with Crippen LogP contribution >= 0.6 is 35.0 Å². The Bertz CT molecular complexity index is 770. The highest BCUT2D eigenvalue weighted by molar-refractivity contribution is 7.99. The molecule has 2 heterocycles. The number of nitrogens with zero attached hydrogens (tertiary/aromatic N) is 2. The molecule has 0 saturated heterocycles. The number of imidazole rings is 1. The van der Waals surface area contributed by atoms with Gasteiger partial charge in [-0.3, -0.25) is 0 Å². The molecule has 0 atom stereocenters. The number of halogens is 2. The molecule has 1 aromatic carbocycles. The Labute approximate surface area is 130 Å². The molecule has 0 amide bonds. The highest BCUT2D eigenvalue weighted by atomic mass is 35.5. The third-order valence-electron chi connectivity index (χ3n) is 2.89. The van der Waals surface area contributed by atoms with Gasteiger partial charge >= 0.3 is 0 Å². The topological polar surface area (TPSA) is 43.3 Å². The van der Waals surface area contributed by atoms with Crippen LogP contribution in [-0.2, 0) is 6.54 Å². The van der Waals surface area contributed by atoms with Gasteiger partial charge in [0.15, 0.2) is 0 Å². The van der Waals surface area contributed by atoms with Gasteiger partial charge in [-0.1, -0.05) is 41.0 Å². The van der Waals surface area contributed by atoms with Gasteiger partial charge in [-0.15, -0.1) is 0 Å². The molecule has 0 fully saturated rings. The summed E-state index contributed by atoms with van der Waals surface area (Å²) < 4.78 is 2.00. The minimum absolute atomic E-state index is 0.425.